The first-order chi connectivity index (χ1) is 8.06. The molecule has 1 aromatic rings. The summed E-state index contributed by atoms with van der Waals surface area (Å²) in [6.45, 7) is 6.23. The average molecular weight is 254 g/mol. The third-order valence-electron chi connectivity index (χ3n) is 2.62. The molecule has 0 aliphatic heterocycles. The summed E-state index contributed by atoms with van der Waals surface area (Å²) in [7, 11) is 1.64. The summed E-state index contributed by atoms with van der Waals surface area (Å²) >= 11 is 1.79. The van der Waals surface area contributed by atoms with Gasteiger partial charge in [-0.25, -0.2) is 0 Å². The van der Waals surface area contributed by atoms with Gasteiger partial charge < -0.3 is 9.84 Å². The summed E-state index contributed by atoms with van der Waals surface area (Å²) in [5.41, 5.74) is 0.906. The molecular weight excluding hydrogens is 232 g/mol. The molecule has 1 N–H and O–H groups in total. The zero-order valence-corrected chi connectivity index (χ0v) is 11.9. The molecule has 2 nitrogen and oxygen atoms in total. The second kappa shape index (κ2) is 6.92. The van der Waals surface area contributed by atoms with Gasteiger partial charge in [-0.15, -0.1) is 11.8 Å². The van der Waals surface area contributed by atoms with Crippen LogP contribution in [0.3, 0.4) is 0 Å². The van der Waals surface area contributed by atoms with Gasteiger partial charge in [-0.2, -0.15) is 0 Å². The Balaban J connectivity index is 2.83. The van der Waals surface area contributed by atoms with Gasteiger partial charge in [0, 0.05) is 10.5 Å². The van der Waals surface area contributed by atoms with Crippen LogP contribution in [0.5, 0.6) is 5.75 Å². The number of benzene rings is 1. The molecule has 0 saturated carbocycles. The van der Waals surface area contributed by atoms with E-state index >= 15 is 0 Å². The lowest BCUT2D eigenvalue weighted by Crippen LogP contribution is -1.99. The molecule has 0 heterocycles. The first-order valence-electron chi connectivity index (χ1n) is 6.04. The van der Waals surface area contributed by atoms with Gasteiger partial charge in [-0.3, -0.25) is 0 Å². The maximum atomic E-state index is 9.83. The molecule has 1 aromatic carbocycles. The Labute approximate surface area is 108 Å². The average Bonchev–Trinajstić information content (AvgIpc) is 2.27. The predicted molar refractivity (Wildman–Crippen MR) is 73.8 cm³/mol. The minimum atomic E-state index is -0.493. The minimum Gasteiger partial charge on any atom is -0.496 e. The van der Waals surface area contributed by atoms with Crippen molar-refractivity contribution in [3.05, 3.63) is 23.8 Å². The molecule has 0 saturated heterocycles. The van der Waals surface area contributed by atoms with Crippen LogP contribution in [0.2, 0.25) is 0 Å². The highest BCUT2D eigenvalue weighted by Gasteiger charge is 2.14. The predicted octanol–water partition coefficient (Wildman–Crippen LogP) is 3.89. The normalized spacial score (nSPS) is 12.8. The Kier molecular flexibility index (Phi) is 5.86. The van der Waals surface area contributed by atoms with Crippen LogP contribution >= 0.6 is 11.8 Å². The molecule has 3 heteroatoms. The number of hydrogen-bond donors (Lipinski definition) is 1. The van der Waals surface area contributed by atoms with Gasteiger partial charge in [0.1, 0.15) is 5.75 Å². The maximum absolute atomic E-state index is 9.83. The first kappa shape index (κ1) is 14.4. The second-order valence-corrected chi connectivity index (χ2v) is 5.72. The molecular formula is C14H22O2S. The highest BCUT2D eigenvalue weighted by molar-refractivity contribution is 7.99. The highest BCUT2D eigenvalue weighted by Crippen LogP contribution is 2.35. The van der Waals surface area contributed by atoms with E-state index in [0.717, 1.165) is 22.0 Å². The van der Waals surface area contributed by atoms with Crippen molar-refractivity contribution in [1.29, 1.82) is 0 Å². The highest BCUT2D eigenvalue weighted by atomic mass is 32.2. The van der Waals surface area contributed by atoms with Gasteiger partial charge in [0.25, 0.3) is 0 Å². The van der Waals surface area contributed by atoms with Gasteiger partial charge in [0.15, 0.2) is 0 Å². The molecule has 0 aliphatic rings. The zero-order valence-electron chi connectivity index (χ0n) is 11.1. The number of rotatable bonds is 6. The molecule has 0 aliphatic carbocycles. The summed E-state index contributed by atoms with van der Waals surface area (Å²) in [5.74, 6) is 2.56. The van der Waals surface area contributed by atoms with Gasteiger partial charge in [0.2, 0.25) is 0 Å². The molecule has 1 atom stereocenters. The van der Waals surface area contributed by atoms with Crippen molar-refractivity contribution in [2.75, 3.05) is 12.9 Å². The van der Waals surface area contributed by atoms with Gasteiger partial charge in [-0.1, -0.05) is 19.9 Å². The Bertz CT molecular complexity index is 348. The van der Waals surface area contributed by atoms with E-state index in [1.807, 2.05) is 12.1 Å². The summed E-state index contributed by atoms with van der Waals surface area (Å²) in [6.07, 6.45) is 0.689. The van der Waals surface area contributed by atoms with Gasteiger partial charge >= 0.3 is 0 Å². The summed E-state index contributed by atoms with van der Waals surface area (Å²) in [6, 6.07) is 5.92. The largest absolute Gasteiger partial charge is 0.496 e. The standard InChI is InChI=1S/C14H22O2S/c1-10(2)8-9-17-13-7-5-6-12(16-4)14(13)11(3)15/h5-7,10-11,15H,8-9H2,1-4H3/t11-/m0/s1. The van der Waals surface area contributed by atoms with Crippen molar-refractivity contribution in [3.8, 4) is 5.75 Å². The van der Waals surface area contributed by atoms with E-state index in [1.54, 1.807) is 25.8 Å². The fraction of sp³-hybridized carbons (Fsp3) is 0.571. The van der Waals surface area contributed by atoms with Crippen LogP contribution < -0.4 is 4.74 Å². The number of aliphatic hydroxyl groups is 1. The number of hydrogen-bond acceptors (Lipinski definition) is 3. The fourth-order valence-electron chi connectivity index (χ4n) is 1.64. The van der Waals surface area contributed by atoms with E-state index in [0.29, 0.717) is 5.92 Å². The zero-order chi connectivity index (χ0) is 12.8. The van der Waals surface area contributed by atoms with Crippen LogP contribution in [0.15, 0.2) is 23.1 Å². The van der Waals surface area contributed by atoms with E-state index in [4.69, 9.17) is 4.74 Å². The van der Waals surface area contributed by atoms with Crippen LogP contribution in [-0.4, -0.2) is 18.0 Å². The minimum absolute atomic E-state index is 0.493. The lowest BCUT2D eigenvalue weighted by atomic mass is 10.1. The molecule has 0 amide bonds. The molecule has 0 aromatic heterocycles. The maximum Gasteiger partial charge on any atom is 0.125 e. The molecule has 96 valence electrons. The van der Waals surface area contributed by atoms with E-state index in [1.165, 1.54) is 6.42 Å². The Morgan fingerprint density at radius 2 is 2.00 bits per heavy atom. The van der Waals surface area contributed by atoms with Gasteiger partial charge in [0.05, 0.1) is 13.2 Å². The molecule has 0 spiro atoms. The van der Waals surface area contributed by atoms with Crippen molar-refractivity contribution < 1.29 is 9.84 Å². The Morgan fingerprint density at radius 3 is 2.53 bits per heavy atom. The number of aliphatic hydroxyl groups excluding tert-OH is 1. The summed E-state index contributed by atoms with van der Waals surface area (Å²) in [4.78, 5) is 1.13. The molecule has 0 fully saturated rings. The van der Waals surface area contributed by atoms with Crippen molar-refractivity contribution in [2.45, 2.75) is 38.2 Å². The smallest absolute Gasteiger partial charge is 0.125 e. The lowest BCUT2D eigenvalue weighted by Gasteiger charge is -2.16. The van der Waals surface area contributed by atoms with Crippen LogP contribution in [0, 0.1) is 5.92 Å². The third kappa shape index (κ3) is 4.25. The molecule has 17 heavy (non-hydrogen) atoms. The lowest BCUT2D eigenvalue weighted by molar-refractivity contribution is 0.191. The second-order valence-electron chi connectivity index (χ2n) is 4.58. The van der Waals surface area contributed by atoms with Crippen LogP contribution in [0.1, 0.15) is 38.9 Å². The first-order valence-corrected chi connectivity index (χ1v) is 7.02. The molecule has 0 unspecified atom stereocenters. The molecule has 0 bridgehead atoms. The summed E-state index contributed by atoms with van der Waals surface area (Å²) in [5, 5.41) is 9.83. The fourth-order valence-corrected chi connectivity index (χ4v) is 3.05. The molecule has 0 radical (unpaired) electrons. The van der Waals surface area contributed by atoms with Crippen molar-refractivity contribution in [3.63, 3.8) is 0 Å². The molecule has 1 rings (SSSR count). The number of ether oxygens (including phenoxy) is 1. The third-order valence-corrected chi connectivity index (χ3v) is 3.72. The van der Waals surface area contributed by atoms with Crippen molar-refractivity contribution >= 4 is 11.8 Å². The van der Waals surface area contributed by atoms with E-state index < -0.39 is 6.10 Å². The van der Waals surface area contributed by atoms with Crippen LogP contribution in [-0.2, 0) is 0 Å². The summed E-state index contributed by atoms with van der Waals surface area (Å²) < 4.78 is 5.30. The number of thioether (sulfide) groups is 1. The van der Waals surface area contributed by atoms with E-state index in [-0.39, 0.29) is 0 Å². The van der Waals surface area contributed by atoms with Gasteiger partial charge in [-0.05, 0) is 37.1 Å². The topological polar surface area (TPSA) is 29.5 Å². The van der Waals surface area contributed by atoms with Crippen molar-refractivity contribution in [1.82, 2.24) is 0 Å². The van der Waals surface area contributed by atoms with E-state index in [9.17, 15) is 5.11 Å². The van der Waals surface area contributed by atoms with Crippen molar-refractivity contribution in [2.24, 2.45) is 5.92 Å². The van der Waals surface area contributed by atoms with Crippen LogP contribution in [0.4, 0.5) is 0 Å². The quantitative estimate of drug-likeness (QED) is 0.781. The monoisotopic (exact) mass is 254 g/mol. The Morgan fingerprint density at radius 1 is 1.29 bits per heavy atom. The Hall–Kier alpha value is -0.670. The van der Waals surface area contributed by atoms with E-state index in [2.05, 4.69) is 19.9 Å². The number of methoxy groups -OCH3 is 1. The van der Waals surface area contributed by atoms with Crippen LogP contribution in [0.25, 0.3) is 0 Å². The SMILES string of the molecule is COc1cccc(SCCC(C)C)c1[C@H](C)O.